The Morgan fingerprint density at radius 1 is 0.947 bits per heavy atom. The topological polar surface area (TPSA) is 17.8 Å². The molecular formula is C16H13ClN2. The highest BCUT2D eigenvalue weighted by atomic mass is 35.5. The Morgan fingerprint density at radius 2 is 1.68 bits per heavy atom. The van der Waals surface area contributed by atoms with E-state index in [0.29, 0.717) is 0 Å². The maximum atomic E-state index is 5.90. The Hall–Kier alpha value is -2.06. The molecule has 0 aliphatic heterocycles. The van der Waals surface area contributed by atoms with E-state index >= 15 is 0 Å². The molecule has 0 saturated heterocycles. The highest BCUT2D eigenvalue weighted by Crippen LogP contribution is 2.21. The lowest BCUT2D eigenvalue weighted by Gasteiger charge is -2.04. The maximum absolute atomic E-state index is 5.90. The van der Waals surface area contributed by atoms with Gasteiger partial charge in [-0.05, 0) is 36.8 Å². The quantitative estimate of drug-likeness (QED) is 0.669. The van der Waals surface area contributed by atoms with Crippen molar-refractivity contribution in [1.82, 2.24) is 9.78 Å². The van der Waals surface area contributed by atoms with Crippen molar-refractivity contribution in [2.75, 3.05) is 0 Å². The Kier molecular flexibility index (Phi) is 3.10. The second-order valence-electron chi connectivity index (χ2n) is 4.44. The Balaban J connectivity index is 2.00. The summed E-state index contributed by atoms with van der Waals surface area (Å²) in [6, 6.07) is 17.9. The van der Waals surface area contributed by atoms with E-state index in [-0.39, 0.29) is 0 Å². The van der Waals surface area contributed by atoms with Crippen LogP contribution in [0.1, 0.15) is 5.56 Å². The first kappa shape index (κ1) is 12.0. The molecule has 3 rings (SSSR count). The minimum absolute atomic E-state index is 0.738. The summed E-state index contributed by atoms with van der Waals surface area (Å²) < 4.78 is 1.90. The standard InChI is InChI=1S/C16H13ClN2/c1-12-4-2-3-5-16(12)19-11-10-15(18-19)13-6-8-14(17)9-7-13/h2-11H,1H3. The number of benzene rings is 2. The Bertz CT molecular complexity index is 699. The van der Waals surface area contributed by atoms with E-state index in [1.807, 2.05) is 53.3 Å². The molecule has 0 N–H and O–H groups in total. The van der Waals surface area contributed by atoms with Crippen LogP contribution in [0.3, 0.4) is 0 Å². The third-order valence-electron chi connectivity index (χ3n) is 3.09. The fourth-order valence-electron chi connectivity index (χ4n) is 2.05. The summed E-state index contributed by atoms with van der Waals surface area (Å²) in [5, 5.41) is 5.35. The van der Waals surface area contributed by atoms with Crippen LogP contribution in [0.2, 0.25) is 5.02 Å². The monoisotopic (exact) mass is 268 g/mol. The van der Waals surface area contributed by atoms with Gasteiger partial charge in [0, 0.05) is 16.8 Å². The smallest absolute Gasteiger partial charge is 0.0927 e. The molecule has 0 atom stereocenters. The first-order valence-electron chi connectivity index (χ1n) is 6.12. The van der Waals surface area contributed by atoms with Crippen LogP contribution < -0.4 is 0 Å². The molecule has 0 spiro atoms. The van der Waals surface area contributed by atoms with Gasteiger partial charge in [-0.1, -0.05) is 41.9 Å². The summed E-state index contributed by atoms with van der Waals surface area (Å²) >= 11 is 5.90. The Morgan fingerprint density at radius 3 is 2.42 bits per heavy atom. The van der Waals surface area contributed by atoms with Gasteiger partial charge >= 0.3 is 0 Å². The van der Waals surface area contributed by atoms with E-state index in [1.165, 1.54) is 5.56 Å². The lowest BCUT2D eigenvalue weighted by atomic mass is 10.2. The average molecular weight is 269 g/mol. The zero-order valence-corrected chi connectivity index (χ0v) is 11.3. The molecule has 1 heterocycles. The van der Waals surface area contributed by atoms with Gasteiger partial charge in [-0.15, -0.1) is 0 Å². The molecule has 0 bridgehead atoms. The highest BCUT2D eigenvalue weighted by Gasteiger charge is 2.05. The van der Waals surface area contributed by atoms with Gasteiger partial charge in [0.15, 0.2) is 0 Å². The maximum Gasteiger partial charge on any atom is 0.0927 e. The number of hydrogen-bond donors (Lipinski definition) is 0. The van der Waals surface area contributed by atoms with Crippen LogP contribution in [-0.2, 0) is 0 Å². The number of rotatable bonds is 2. The molecule has 3 heteroatoms. The lowest BCUT2D eigenvalue weighted by Crippen LogP contribution is -1.97. The van der Waals surface area contributed by atoms with E-state index in [4.69, 9.17) is 11.6 Å². The summed E-state index contributed by atoms with van der Waals surface area (Å²) in [6.45, 7) is 2.08. The van der Waals surface area contributed by atoms with Gasteiger partial charge in [-0.2, -0.15) is 5.10 Å². The largest absolute Gasteiger partial charge is 0.240 e. The van der Waals surface area contributed by atoms with Crippen LogP contribution >= 0.6 is 11.6 Å². The van der Waals surface area contributed by atoms with Gasteiger partial charge in [0.05, 0.1) is 11.4 Å². The van der Waals surface area contributed by atoms with E-state index in [0.717, 1.165) is 22.0 Å². The molecule has 0 radical (unpaired) electrons. The molecule has 94 valence electrons. The van der Waals surface area contributed by atoms with E-state index in [2.05, 4.69) is 24.2 Å². The molecule has 2 aromatic carbocycles. The third kappa shape index (κ3) is 2.40. The number of aromatic nitrogens is 2. The summed E-state index contributed by atoms with van der Waals surface area (Å²) in [5.41, 5.74) is 4.31. The number of aryl methyl sites for hydroxylation is 1. The predicted octanol–water partition coefficient (Wildman–Crippen LogP) is 4.50. The van der Waals surface area contributed by atoms with Gasteiger partial charge < -0.3 is 0 Å². The number of para-hydroxylation sites is 1. The fraction of sp³-hybridized carbons (Fsp3) is 0.0625. The third-order valence-corrected chi connectivity index (χ3v) is 3.34. The second kappa shape index (κ2) is 4.90. The zero-order valence-electron chi connectivity index (χ0n) is 10.5. The fourth-order valence-corrected chi connectivity index (χ4v) is 2.18. The minimum Gasteiger partial charge on any atom is -0.240 e. The van der Waals surface area contributed by atoms with Gasteiger partial charge in [0.1, 0.15) is 0 Å². The van der Waals surface area contributed by atoms with Gasteiger partial charge in [0.25, 0.3) is 0 Å². The normalized spacial score (nSPS) is 10.6. The van der Waals surface area contributed by atoms with E-state index in [1.54, 1.807) is 0 Å². The van der Waals surface area contributed by atoms with Crippen LogP contribution in [0.15, 0.2) is 60.8 Å². The predicted molar refractivity (Wildman–Crippen MR) is 78.7 cm³/mol. The summed E-state index contributed by atoms with van der Waals surface area (Å²) in [5.74, 6) is 0. The van der Waals surface area contributed by atoms with Gasteiger partial charge in [0.2, 0.25) is 0 Å². The van der Waals surface area contributed by atoms with Crippen LogP contribution in [0.25, 0.3) is 16.9 Å². The van der Waals surface area contributed by atoms with E-state index < -0.39 is 0 Å². The van der Waals surface area contributed by atoms with Crippen molar-refractivity contribution in [2.24, 2.45) is 0 Å². The number of hydrogen-bond acceptors (Lipinski definition) is 1. The lowest BCUT2D eigenvalue weighted by molar-refractivity contribution is 0.876. The summed E-state index contributed by atoms with van der Waals surface area (Å²) in [6.07, 6.45) is 1.98. The first-order valence-corrected chi connectivity index (χ1v) is 6.49. The summed E-state index contributed by atoms with van der Waals surface area (Å²) in [7, 11) is 0. The first-order chi connectivity index (χ1) is 9.24. The SMILES string of the molecule is Cc1ccccc1-n1ccc(-c2ccc(Cl)cc2)n1. The number of halogens is 1. The van der Waals surface area contributed by atoms with Crippen molar-refractivity contribution < 1.29 is 0 Å². The van der Waals surface area contributed by atoms with Crippen molar-refractivity contribution in [3.63, 3.8) is 0 Å². The molecule has 1 aromatic heterocycles. The van der Waals surface area contributed by atoms with Crippen molar-refractivity contribution >= 4 is 11.6 Å². The molecule has 0 amide bonds. The van der Waals surface area contributed by atoms with Crippen molar-refractivity contribution in [3.05, 3.63) is 71.4 Å². The van der Waals surface area contributed by atoms with E-state index in [9.17, 15) is 0 Å². The Labute approximate surface area is 117 Å². The van der Waals surface area contributed by atoms with Crippen LogP contribution in [-0.4, -0.2) is 9.78 Å². The average Bonchev–Trinajstić information content (AvgIpc) is 2.89. The molecule has 3 aromatic rings. The van der Waals surface area contributed by atoms with Gasteiger partial charge in [-0.3, -0.25) is 0 Å². The van der Waals surface area contributed by atoms with Crippen molar-refractivity contribution in [1.29, 1.82) is 0 Å². The van der Waals surface area contributed by atoms with Crippen molar-refractivity contribution in [3.8, 4) is 16.9 Å². The molecule has 0 fully saturated rings. The van der Waals surface area contributed by atoms with Crippen LogP contribution in [0.4, 0.5) is 0 Å². The molecule has 0 aliphatic rings. The molecular weight excluding hydrogens is 256 g/mol. The minimum atomic E-state index is 0.738. The number of nitrogens with zero attached hydrogens (tertiary/aromatic N) is 2. The zero-order chi connectivity index (χ0) is 13.2. The second-order valence-corrected chi connectivity index (χ2v) is 4.88. The van der Waals surface area contributed by atoms with Crippen LogP contribution in [0, 0.1) is 6.92 Å². The summed E-state index contributed by atoms with van der Waals surface area (Å²) in [4.78, 5) is 0. The molecule has 0 unspecified atom stereocenters. The molecule has 0 aliphatic carbocycles. The highest BCUT2D eigenvalue weighted by molar-refractivity contribution is 6.30. The molecule has 0 saturated carbocycles. The molecule has 2 nitrogen and oxygen atoms in total. The van der Waals surface area contributed by atoms with Gasteiger partial charge in [-0.25, -0.2) is 4.68 Å². The van der Waals surface area contributed by atoms with Crippen LogP contribution in [0.5, 0.6) is 0 Å². The van der Waals surface area contributed by atoms with Crippen molar-refractivity contribution in [2.45, 2.75) is 6.92 Å². The molecule has 19 heavy (non-hydrogen) atoms.